The van der Waals surface area contributed by atoms with E-state index in [1.165, 1.54) is 13.3 Å². The number of imide groups is 1. The first kappa shape index (κ1) is 27.7. The van der Waals surface area contributed by atoms with Gasteiger partial charge in [0.15, 0.2) is 0 Å². The zero-order valence-electron chi connectivity index (χ0n) is 21.7. The van der Waals surface area contributed by atoms with Crippen molar-refractivity contribution >= 4 is 44.4 Å². The molecule has 1 aliphatic rings. The molecule has 198 valence electrons. The maximum absolute atomic E-state index is 13.0. The minimum Gasteiger partial charge on any atom is -0.480 e. The molecule has 3 rings (SSSR count). The van der Waals surface area contributed by atoms with Crippen molar-refractivity contribution in [1.29, 1.82) is 0 Å². The lowest BCUT2D eigenvalue weighted by molar-refractivity contribution is 0.0430. The number of carbonyl (C=O) groups excluding carboxylic acids is 2. The number of anilines is 2. The van der Waals surface area contributed by atoms with E-state index in [4.69, 9.17) is 14.2 Å². The molecule has 0 saturated heterocycles. The van der Waals surface area contributed by atoms with Crippen LogP contribution in [0.25, 0.3) is 10.4 Å². The minimum absolute atomic E-state index is 0.0435. The number of aromatic nitrogens is 2. The fourth-order valence-corrected chi connectivity index (χ4v) is 5.42. The van der Waals surface area contributed by atoms with Crippen molar-refractivity contribution in [2.75, 3.05) is 16.7 Å². The van der Waals surface area contributed by atoms with Gasteiger partial charge in [0.1, 0.15) is 16.9 Å². The summed E-state index contributed by atoms with van der Waals surface area (Å²) < 4.78 is 43.6. The SMILES string of the molecule is COc1ncc(-c2sc(N(C(=O)OC(C)(C)C)C(=O)OC(C)(C)C)nc2C)cc1NS(=O)(=O)C1CC1. The van der Waals surface area contributed by atoms with Crippen LogP contribution in [0.15, 0.2) is 12.3 Å². The van der Waals surface area contributed by atoms with Crippen LogP contribution in [-0.2, 0) is 19.5 Å². The van der Waals surface area contributed by atoms with E-state index in [0.717, 1.165) is 16.2 Å². The molecule has 0 bridgehead atoms. The van der Waals surface area contributed by atoms with E-state index in [-0.39, 0.29) is 16.7 Å². The minimum atomic E-state index is -3.56. The summed E-state index contributed by atoms with van der Waals surface area (Å²) in [7, 11) is -2.16. The molecule has 0 aromatic carbocycles. The number of methoxy groups -OCH3 is 1. The van der Waals surface area contributed by atoms with Crippen LogP contribution >= 0.6 is 11.3 Å². The van der Waals surface area contributed by atoms with Gasteiger partial charge in [0.25, 0.3) is 0 Å². The van der Waals surface area contributed by atoms with E-state index in [1.807, 2.05) is 0 Å². The smallest absolute Gasteiger partial charge is 0.426 e. The molecule has 2 aromatic heterocycles. The fourth-order valence-electron chi connectivity index (χ4n) is 3.02. The third-order valence-electron chi connectivity index (χ3n) is 4.65. The Morgan fingerprint density at radius 3 is 2.11 bits per heavy atom. The Balaban J connectivity index is 2.01. The van der Waals surface area contributed by atoms with Crippen LogP contribution in [0.3, 0.4) is 0 Å². The topological polar surface area (TPSA) is 137 Å². The molecule has 1 saturated carbocycles. The zero-order valence-corrected chi connectivity index (χ0v) is 23.3. The monoisotopic (exact) mass is 540 g/mol. The lowest BCUT2D eigenvalue weighted by Gasteiger charge is -2.27. The molecule has 1 fully saturated rings. The summed E-state index contributed by atoms with van der Waals surface area (Å²) in [5, 5.41) is -0.388. The number of nitrogens with zero attached hydrogens (tertiary/aromatic N) is 3. The van der Waals surface area contributed by atoms with Crippen molar-refractivity contribution < 1.29 is 32.2 Å². The first-order valence-electron chi connectivity index (χ1n) is 11.3. The lowest BCUT2D eigenvalue weighted by atomic mass is 10.2. The predicted octanol–water partition coefficient (Wildman–Crippen LogP) is 5.10. The second-order valence-corrected chi connectivity index (χ2v) is 13.3. The Morgan fingerprint density at radius 1 is 1.08 bits per heavy atom. The number of sulfonamides is 1. The standard InChI is InChI=1S/C23H32N4O7S2/c1-13-17(14-11-16(18(32-8)24-12-14)26-36(30,31)15-9-10-15)35-19(25-13)27(20(28)33-22(2,3)4)21(29)34-23(5,6)7/h11-12,15,26H,9-10H2,1-8H3. The number of amides is 2. The number of hydrogen-bond acceptors (Lipinski definition) is 10. The van der Waals surface area contributed by atoms with Crippen LogP contribution in [0.4, 0.5) is 20.4 Å². The molecular weight excluding hydrogens is 508 g/mol. The Hall–Kier alpha value is -2.93. The van der Waals surface area contributed by atoms with Crippen LogP contribution in [0.5, 0.6) is 5.88 Å². The van der Waals surface area contributed by atoms with E-state index in [9.17, 15) is 18.0 Å². The summed E-state index contributed by atoms with van der Waals surface area (Å²) in [6, 6.07) is 1.58. The van der Waals surface area contributed by atoms with Crippen molar-refractivity contribution in [1.82, 2.24) is 9.97 Å². The van der Waals surface area contributed by atoms with E-state index in [2.05, 4.69) is 14.7 Å². The van der Waals surface area contributed by atoms with Gasteiger partial charge in [-0.05, 0) is 67.4 Å². The molecule has 0 unspecified atom stereocenters. The third kappa shape index (κ3) is 6.84. The molecule has 2 heterocycles. The largest absolute Gasteiger partial charge is 0.480 e. The Bertz CT molecular complexity index is 1230. The number of pyridine rings is 1. The van der Waals surface area contributed by atoms with Crippen LogP contribution in [0.2, 0.25) is 0 Å². The van der Waals surface area contributed by atoms with Gasteiger partial charge in [-0.25, -0.2) is 28.0 Å². The molecule has 2 amide bonds. The summed E-state index contributed by atoms with van der Waals surface area (Å²) in [6.07, 6.45) is 0.856. The van der Waals surface area contributed by atoms with Crippen LogP contribution in [-0.4, -0.2) is 54.1 Å². The summed E-state index contributed by atoms with van der Waals surface area (Å²) in [4.78, 5) is 35.9. The van der Waals surface area contributed by atoms with Gasteiger partial charge in [0, 0.05) is 11.8 Å². The number of rotatable bonds is 6. The normalized spacial score (nSPS) is 14.2. The zero-order chi connectivity index (χ0) is 27.1. The number of thiazole rings is 1. The third-order valence-corrected chi connectivity index (χ3v) is 7.70. The highest BCUT2D eigenvalue weighted by molar-refractivity contribution is 7.93. The molecule has 36 heavy (non-hydrogen) atoms. The van der Waals surface area contributed by atoms with Gasteiger partial charge >= 0.3 is 12.2 Å². The first-order chi connectivity index (χ1) is 16.5. The number of ether oxygens (including phenoxy) is 3. The van der Waals surface area contributed by atoms with Gasteiger partial charge in [0.05, 0.1) is 22.9 Å². The lowest BCUT2D eigenvalue weighted by Crippen LogP contribution is -2.43. The number of aryl methyl sites for hydroxylation is 1. The van der Waals surface area contributed by atoms with Crippen molar-refractivity contribution in [2.45, 2.75) is 77.8 Å². The Labute approximate surface area is 215 Å². The van der Waals surface area contributed by atoms with Crippen molar-refractivity contribution in [3.8, 4) is 16.3 Å². The molecular formula is C23H32N4O7S2. The average Bonchev–Trinajstić information content (AvgIpc) is 3.49. The second-order valence-electron chi connectivity index (χ2n) is 10.3. The summed E-state index contributed by atoms with van der Waals surface area (Å²) >= 11 is 1.04. The summed E-state index contributed by atoms with van der Waals surface area (Å²) in [5.41, 5.74) is -0.513. The first-order valence-corrected chi connectivity index (χ1v) is 13.7. The van der Waals surface area contributed by atoms with Gasteiger partial charge in [-0.3, -0.25) is 4.72 Å². The van der Waals surface area contributed by atoms with Gasteiger partial charge < -0.3 is 14.2 Å². The molecule has 0 radical (unpaired) electrons. The highest BCUT2D eigenvalue weighted by atomic mass is 32.2. The number of nitrogens with one attached hydrogen (secondary N) is 1. The predicted molar refractivity (Wildman–Crippen MR) is 137 cm³/mol. The highest BCUT2D eigenvalue weighted by Gasteiger charge is 2.37. The van der Waals surface area contributed by atoms with Gasteiger partial charge in [-0.15, -0.1) is 0 Å². The van der Waals surface area contributed by atoms with Crippen LogP contribution < -0.4 is 14.4 Å². The van der Waals surface area contributed by atoms with Gasteiger partial charge in [-0.1, -0.05) is 11.3 Å². The van der Waals surface area contributed by atoms with Crippen molar-refractivity contribution in [2.24, 2.45) is 0 Å². The molecule has 0 aliphatic heterocycles. The van der Waals surface area contributed by atoms with E-state index >= 15 is 0 Å². The highest BCUT2D eigenvalue weighted by Crippen LogP contribution is 2.39. The molecule has 11 nitrogen and oxygen atoms in total. The second kappa shape index (κ2) is 9.85. The molecule has 1 N–H and O–H groups in total. The maximum atomic E-state index is 13.0. The van der Waals surface area contributed by atoms with E-state index < -0.39 is 38.7 Å². The summed E-state index contributed by atoms with van der Waals surface area (Å²) in [6.45, 7) is 11.8. The van der Waals surface area contributed by atoms with Gasteiger partial charge in [0.2, 0.25) is 21.0 Å². The Morgan fingerprint density at radius 2 is 1.64 bits per heavy atom. The molecule has 0 atom stereocenters. The molecule has 2 aromatic rings. The van der Waals surface area contributed by atoms with Crippen LogP contribution in [0.1, 0.15) is 60.1 Å². The molecule has 13 heteroatoms. The quantitative estimate of drug-likeness (QED) is 0.530. The molecule has 1 aliphatic carbocycles. The van der Waals surface area contributed by atoms with Crippen LogP contribution in [0, 0.1) is 6.92 Å². The average molecular weight is 541 g/mol. The van der Waals surface area contributed by atoms with E-state index in [1.54, 1.807) is 54.5 Å². The summed E-state index contributed by atoms with van der Waals surface area (Å²) in [5.74, 6) is 0.120. The van der Waals surface area contributed by atoms with Crippen molar-refractivity contribution in [3.63, 3.8) is 0 Å². The fraction of sp³-hybridized carbons (Fsp3) is 0.565. The Kier molecular flexibility index (Phi) is 7.56. The number of hydrogen-bond donors (Lipinski definition) is 1. The molecule has 0 spiro atoms. The van der Waals surface area contributed by atoms with Gasteiger partial charge in [-0.2, -0.15) is 4.90 Å². The maximum Gasteiger partial charge on any atom is 0.426 e. The number of carbonyl (C=O) groups is 2. The van der Waals surface area contributed by atoms with Crippen molar-refractivity contribution in [3.05, 3.63) is 18.0 Å². The van der Waals surface area contributed by atoms with E-state index in [0.29, 0.717) is 29.0 Å².